The van der Waals surface area contributed by atoms with Crippen LogP contribution in [0, 0.1) is 5.92 Å². The summed E-state index contributed by atoms with van der Waals surface area (Å²) in [5.74, 6) is 1.10. The maximum absolute atomic E-state index is 11.6. The number of ether oxygens (including phenoxy) is 1. The van der Waals surface area contributed by atoms with Crippen molar-refractivity contribution >= 4 is 40.3 Å². The summed E-state index contributed by atoms with van der Waals surface area (Å²) in [5.41, 5.74) is 0.894. The molecule has 0 atom stereocenters. The van der Waals surface area contributed by atoms with Crippen LogP contribution >= 0.6 is 24.0 Å². The molecule has 0 saturated carbocycles. The van der Waals surface area contributed by atoms with Crippen LogP contribution in [0.25, 0.3) is 6.08 Å². The number of para-hydroxylation sites is 1. The highest BCUT2D eigenvalue weighted by Gasteiger charge is 2.22. The largest absolute Gasteiger partial charge is 0.493 e. The van der Waals surface area contributed by atoms with Crippen LogP contribution in [-0.4, -0.2) is 16.8 Å². The van der Waals surface area contributed by atoms with Crippen LogP contribution in [0.4, 0.5) is 0 Å². The molecule has 0 radical (unpaired) electrons. The molecule has 1 aliphatic rings. The summed E-state index contributed by atoms with van der Waals surface area (Å²) in [6, 6.07) is 7.68. The van der Waals surface area contributed by atoms with Crippen LogP contribution in [-0.2, 0) is 4.79 Å². The third kappa shape index (κ3) is 3.81. The summed E-state index contributed by atoms with van der Waals surface area (Å²) >= 11 is 6.24. The average Bonchev–Trinajstić information content (AvgIpc) is 2.67. The Morgan fingerprint density at radius 1 is 1.42 bits per heavy atom. The van der Waals surface area contributed by atoms with Gasteiger partial charge in [0.2, 0.25) is 0 Å². The summed E-state index contributed by atoms with van der Waals surface area (Å²) in [4.78, 5) is 12.2. The third-order valence-corrected chi connectivity index (χ3v) is 3.58. The predicted molar refractivity (Wildman–Crippen MR) is 83.1 cm³/mol. The first-order valence-corrected chi connectivity index (χ1v) is 7.25. The SMILES string of the molecule is CC(C)COc1ccccc1/C=C1/SC(=S)NC1=O. The van der Waals surface area contributed by atoms with E-state index in [4.69, 9.17) is 17.0 Å². The van der Waals surface area contributed by atoms with Crippen LogP contribution in [0.3, 0.4) is 0 Å². The molecular formula is C14H15NO2S2. The monoisotopic (exact) mass is 293 g/mol. The van der Waals surface area contributed by atoms with Gasteiger partial charge in [0.25, 0.3) is 5.91 Å². The molecule has 1 amide bonds. The van der Waals surface area contributed by atoms with E-state index in [0.717, 1.165) is 11.3 Å². The molecule has 19 heavy (non-hydrogen) atoms. The number of rotatable bonds is 4. The highest BCUT2D eigenvalue weighted by molar-refractivity contribution is 8.26. The fourth-order valence-corrected chi connectivity index (χ4v) is 2.59. The molecule has 1 fully saturated rings. The van der Waals surface area contributed by atoms with Gasteiger partial charge >= 0.3 is 0 Å². The van der Waals surface area contributed by atoms with Gasteiger partial charge < -0.3 is 10.1 Å². The Hall–Kier alpha value is -1.33. The number of nitrogens with one attached hydrogen (secondary N) is 1. The number of thiocarbonyl (C=S) groups is 1. The molecule has 1 saturated heterocycles. The summed E-state index contributed by atoms with van der Waals surface area (Å²) in [7, 11) is 0. The first-order chi connectivity index (χ1) is 9.06. The van der Waals surface area contributed by atoms with Gasteiger partial charge in [-0.2, -0.15) is 0 Å². The third-order valence-electron chi connectivity index (χ3n) is 2.42. The van der Waals surface area contributed by atoms with E-state index in [0.29, 0.717) is 21.8 Å². The molecule has 1 aliphatic heterocycles. The van der Waals surface area contributed by atoms with Crippen molar-refractivity contribution in [3.05, 3.63) is 34.7 Å². The number of carbonyl (C=O) groups is 1. The minimum Gasteiger partial charge on any atom is -0.493 e. The van der Waals surface area contributed by atoms with Crippen molar-refractivity contribution in [1.82, 2.24) is 5.32 Å². The van der Waals surface area contributed by atoms with E-state index < -0.39 is 0 Å². The van der Waals surface area contributed by atoms with Crippen molar-refractivity contribution in [1.29, 1.82) is 0 Å². The van der Waals surface area contributed by atoms with E-state index in [1.807, 2.05) is 30.3 Å². The van der Waals surface area contributed by atoms with Crippen LogP contribution in [0.2, 0.25) is 0 Å². The number of thioether (sulfide) groups is 1. The second-order valence-corrected chi connectivity index (χ2v) is 6.31. The Kier molecular flexibility index (Phi) is 4.61. The van der Waals surface area contributed by atoms with Crippen LogP contribution < -0.4 is 10.1 Å². The van der Waals surface area contributed by atoms with Gasteiger partial charge in [-0.25, -0.2) is 0 Å². The first kappa shape index (κ1) is 14.1. The van der Waals surface area contributed by atoms with Gasteiger partial charge in [0.15, 0.2) is 0 Å². The van der Waals surface area contributed by atoms with Gasteiger partial charge in [0.1, 0.15) is 10.1 Å². The van der Waals surface area contributed by atoms with Gasteiger partial charge in [-0.1, -0.05) is 56.0 Å². The molecule has 0 unspecified atom stereocenters. The number of benzene rings is 1. The van der Waals surface area contributed by atoms with Crippen molar-refractivity contribution in [3.63, 3.8) is 0 Å². The molecule has 1 aromatic carbocycles. The van der Waals surface area contributed by atoms with Crippen molar-refractivity contribution in [2.45, 2.75) is 13.8 Å². The Labute approximate surface area is 122 Å². The molecular weight excluding hydrogens is 278 g/mol. The zero-order valence-corrected chi connectivity index (χ0v) is 12.4. The number of amides is 1. The van der Waals surface area contributed by atoms with Crippen molar-refractivity contribution < 1.29 is 9.53 Å². The second kappa shape index (κ2) is 6.21. The van der Waals surface area contributed by atoms with E-state index >= 15 is 0 Å². The lowest BCUT2D eigenvalue weighted by Crippen LogP contribution is -2.17. The molecule has 1 N–H and O–H groups in total. The Morgan fingerprint density at radius 2 is 2.16 bits per heavy atom. The van der Waals surface area contributed by atoms with Gasteiger partial charge in [0.05, 0.1) is 11.5 Å². The van der Waals surface area contributed by atoms with Gasteiger partial charge in [-0.3, -0.25) is 4.79 Å². The maximum Gasteiger partial charge on any atom is 0.263 e. The predicted octanol–water partition coefficient (Wildman–Crippen LogP) is 3.21. The summed E-state index contributed by atoms with van der Waals surface area (Å²) in [5, 5.41) is 2.60. The molecule has 100 valence electrons. The van der Waals surface area contributed by atoms with E-state index in [2.05, 4.69) is 19.2 Å². The van der Waals surface area contributed by atoms with Crippen LogP contribution in [0.5, 0.6) is 5.75 Å². The van der Waals surface area contributed by atoms with Gasteiger partial charge in [0, 0.05) is 5.56 Å². The smallest absolute Gasteiger partial charge is 0.263 e. The van der Waals surface area contributed by atoms with E-state index in [9.17, 15) is 4.79 Å². The molecule has 1 heterocycles. The molecule has 3 nitrogen and oxygen atoms in total. The van der Waals surface area contributed by atoms with E-state index in [1.54, 1.807) is 0 Å². The van der Waals surface area contributed by atoms with E-state index in [1.165, 1.54) is 11.8 Å². The summed E-state index contributed by atoms with van der Waals surface area (Å²) in [6.07, 6.45) is 1.81. The number of hydrogen-bond acceptors (Lipinski definition) is 4. The van der Waals surface area contributed by atoms with E-state index in [-0.39, 0.29) is 5.91 Å². The fraction of sp³-hybridized carbons (Fsp3) is 0.286. The van der Waals surface area contributed by atoms with Gasteiger partial charge in [-0.15, -0.1) is 0 Å². The summed E-state index contributed by atoms with van der Waals surface area (Å²) < 4.78 is 6.25. The van der Waals surface area contributed by atoms with Crippen LogP contribution in [0.1, 0.15) is 19.4 Å². The number of hydrogen-bond donors (Lipinski definition) is 1. The van der Waals surface area contributed by atoms with Crippen molar-refractivity contribution in [2.75, 3.05) is 6.61 Å². The topological polar surface area (TPSA) is 38.3 Å². The Bertz CT molecular complexity index is 538. The summed E-state index contributed by atoms with van der Waals surface area (Å²) in [6.45, 7) is 4.84. The average molecular weight is 293 g/mol. The maximum atomic E-state index is 11.6. The Morgan fingerprint density at radius 3 is 2.79 bits per heavy atom. The lowest BCUT2D eigenvalue weighted by Gasteiger charge is -2.11. The van der Waals surface area contributed by atoms with Gasteiger partial charge in [-0.05, 0) is 18.1 Å². The molecule has 0 bridgehead atoms. The molecule has 0 aliphatic carbocycles. The van der Waals surface area contributed by atoms with Crippen LogP contribution in [0.15, 0.2) is 29.2 Å². The lowest BCUT2D eigenvalue weighted by molar-refractivity contribution is -0.115. The molecule has 1 aromatic rings. The quantitative estimate of drug-likeness (QED) is 0.683. The fourth-order valence-electron chi connectivity index (χ4n) is 1.55. The van der Waals surface area contributed by atoms with Crippen molar-refractivity contribution in [2.24, 2.45) is 5.92 Å². The minimum atomic E-state index is -0.145. The molecule has 2 rings (SSSR count). The molecule has 0 spiro atoms. The zero-order valence-electron chi connectivity index (χ0n) is 10.8. The Balaban J connectivity index is 2.22. The normalized spacial score (nSPS) is 17.1. The zero-order chi connectivity index (χ0) is 13.8. The lowest BCUT2D eigenvalue weighted by atomic mass is 10.2. The molecule has 0 aromatic heterocycles. The first-order valence-electron chi connectivity index (χ1n) is 6.03. The van der Waals surface area contributed by atoms with Crippen molar-refractivity contribution in [3.8, 4) is 5.75 Å². The minimum absolute atomic E-state index is 0.145. The highest BCUT2D eigenvalue weighted by atomic mass is 32.2. The molecule has 5 heteroatoms. The second-order valence-electron chi connectivity index (χ2n) is 4.59. The number of carbonyl (C=O) groups excluding carboxylic acids is 1. The highest BCUT2D eigenvalue weighted by Crippen LogP contribution is 2.29. The standard InChI is InChI=1S/C14H15NO2S2/c1-9(2)8-17-11-6-4-3-5-10(11)7-12-13(16)15-14(18)19-12/h3-7,9H,8H2,1-2H3,(H,15,16,18)/b12-7+.